The monoisotopic (exact) mass is 306 g/mol. The van der Waals surface area contributed by atoms with Gasteiger partial charge in [-0.25, -0.2) is 4.79 Å². The molecule has 23 heavy (non-hydrogen) atoms. The van der Waals surface area contributed by atoms with Crippen LogP contribution in [0.4, 0.5) is 5.82 Å². The Balaban J connectivity index is 2.09. The van der Waals surface area contributed by atoms with Crippen molar-refractivity contribution in [2.24, 2.45) is 0 Å². The SMILES string of the molecule is Nc1c(C(=O)O)cc(C2=CCC=CC=C2)n1Cc1ccccc1. The molecule has 0 aliphatic heterocycles. The number of nitrogens with zero attached hydrogens (tertiary/aromatic N) is 1. The zero-order valence-electron chi connectivity index (χ0n) is 12.6. The predicted octanol–water partition coefficient (Wildman–Crippen LogP) is 3.72. The summed E-state index contributed by atoms with van der Waals surface area (Å²) in [6.45, 7) is 0.536. The van der Waals surface area contributed by atoms with Crippen LogP contribution >= 0.6 is 0 Å². The van der Waals surface area contributed by atoms with Crippen molar-refractivity contribution in [1.29, 1.82) is 0 Å². The third-order valence-electron chi connectivity index (χ3n) is 3.85. The number of aromatic nitrogens is 1. The summed E-state index contributed by atoms with van der Waals surface area (Å²) >= 11 is 0. The van der Waals surface area contributed by atoms with Crippen LogP contribution in [0, 0.1) is 0 Å². The van der Waals surface area contributed by atoms with Gasteiger partial charge in [0.2, 0.25) is 0 Å². The molecule has 0 saturated carbocycles. The van der Waals surface area contributed by atoms with E-state index in [4.69, 9.17) is 5.73 Å². The second-order valence-corrected chi connectivity index (χ2v) is 5.39. The van der Waals surface area contributed by atoms with Gasteiger partial charge in [0.15, 0.2) is 0 Å². The number of anilines is 1. The highest BCUT2D eigenvalue weighted by Crippen LogP contribution is 2.28. The van der Waals surface area contributed by atoms with Crippen molar-refractivity contribution in [3.8, 4) is 0 Å². The summed E-state index contributed by atoms with van der Waals surface area (Å²) in [5, 5.41) is 9.38. The molecule has 1 aromatic heterocycles. The Morgan fingerprint density at radius 2 is 2.00 bits per heavy atom. The summed E-state index contributed by atoms with van der Waals surface area (Å²) in [4.78, 5) is 11.4. The van der Waals surface area contributed by atoms with Crippen LogP contribution < -0.4 is 5.73 Å². The minimum Gasteiger partial charge on any atom is -0.478 e. The topological polar surface area (TPSA) is 68.2 Å². The van der Waals surface area contributed by atoms with Crippen molar-refractivity contribution >= 4 is 17.4 Å². The quantitative estimate of drug-likeness (QED) is 0.904. The molecule has 1 aliphatic rings. The van der Waals surface area contributed by atoms with Crippen molar-refractivity contribution < 1.29 is 9.90 Å². The number of aromatic carboxylic acids is 1. The highest BCUT2D eigenvalue weighted by molar-refractivity contribution is 5.95. The van der Waals surface area contributed by atoms with Gasteiger partial charge in [-0.15, -0.1) is 0 Å². The Kier molecular flexibility index (Phi) is 4.15. The van der Waals surface area contributed by atoms with Gasteiger partial charge in [-0.05, 0) is 23.6 Å². The van der Waals surface area contributed by atoms with E-state index in [2.05, 4.69) is 12.2 Å². The Morgan fingerprint density at radius 1 is 1.22 bits per heavy atom. The molecule has 1 aromatic carbocycles. The molecule has 0 fully saturated rings. The number of hydrogen-bond donors (Lipinski definition) is 2. The maximum atomic E-state index is 11.4. The van der Waals surface area contributed by atoms with Crippen LogP contribution in [-0.2, 0) is 6.54 Å². The molecule has 2 aromatic rings. The van der Waals surface area contributed by atoms with E-state index in [0.29, 0.717) is 6.54 Å². The van der Waals surface area contributed by atoms with Crippen molar-refractivity contribution in [3.05, 3.63) is 83.6 Å². The van der Waals surface area contributed by atoms with Gasteiger partial charge in [-0.1, -0.05) is 60.7 Å². The molecule has 0 amide bonds. The van der Waals surface area contributed by atoms with Crippen LogP contribution in [-0.4, -0.2) is 15.6 Å². The maximum absolute atomic E-state index is 11.4. The number of allylic oxidation sites excluding steroid dienone is 6. The largest absolute Gasteiger partial charge is 0.478 e. The van der Waals surface area contributed by atoms with E-state index in [0.717, 1.165) is 23.3 Å². The van der Waals surface area contributed by atoms with Gasteiger partial charge >= 0.3 is 5.97 Å². The van der Waals surface area contributed by atoms with E-state index >= 15 is 0 Å². The summed E-state index contributed by atoms with van der Waals surface area (Å²) in [5.41, 5.74) is 9.13. The van der Waals surface area contributed by atoms with Gasteiger partial charge in [0, 0.05) is 6.54 Å². The first-order valence-corrected chi connectivity index (χ1v) is 7.47. The molecule has 116 valence electrons. The molecule has 0 unspecified atom stereocenters. The van der Waals surface area contributed by atoms with Crippen LogP contribution in [0.2, 0.25) is 0 Å². The van der Waals surface area contributed by atoms with Gasteiger partial charge in [0.1, 0.15) is 11.4 Å². The van der Waals surface area contributed by atoms with E-state index < -0.39 is 5.97 Å². The molecular weight excluding hydrogens is 288 g/mol. The number of benzene rings is 1. The zero-order valence-corrected chi connectivity index (χ0v) is 12.6. The van der Waals surface area contributed by atoms with E-state index in [-0.39, 0.29) is 11.4 Å². The van der Waals surface area contributed by atoms with Crippen LogP contribution in [0.1, 0.15) is 28.0 Å². The van der Waals surface area contributed by atoms with E-state index in [1.54, 1.807) is 6.07 Å². The summed E-state index contributed by atoms with van der Waals surface area (Å²) in [5.74, 6) is -0.727. The number of hydrogen-bond acceptors (Lipinski definition) is 2. The predicted molar refractivity (Wildman–Crippen MR) is 92.2 cm³/mol. The first-order valence-electron chi connectivity index (χ1n) is 7.47. The standard InChI is InChI=1S/C19H18N2O2/c20-18-16(19(22)23)12-17(15-10-6-1-2-7-11-15)21(18)13-14-8-4-3-5-9-14/h1-6,8-12H,7,13,20H2,(H,22,23). The van der Waals surface area contributed by atoms with Crippen molar-refractivity contribution in [2.45, 2.75) is 13.0 Å². The number of carbonyl (C=O) groups is 1. The average molecular weight is 306 g/mol. The van der Waals surface area contributed by atoms with Gasteiger partial charge < -0.3 is 15.4 Å². The smallest absolute Gasteiger partial charge is 0.339 e. The first-order chi connectivity index (χ1) is 11.2. The van der Waals surface area contributed by atoms with Crippen LogP contribution in [0.5, 0.6) is 0 Å². The van der Waals surface area contributed by atoms with E-state index in [9.17, 15) is 9.90 Å². The van der Waals surface area contributed by atoms with E-state index in [1.165, 1.54) is 0 Å². The van der Waals surface area contributed by atoms with E-state index in [1.807, 2.05) is 53.1 Å². The van der Waals surface area contributed by atoms with Gasteiger partial charge in [0.05, 0.1) is 5.69 Å². The summed E-state index contributed by atoms with van der Waals surface area (Å²) < 4.78 is 1.86. The molecule has 0 atom stereocenters. The molecule has 0 radical (unpaired) electrons. The molecule has 0 spiro atoms. The van der Waals surface area contributed by atoms with Crippen molar-refractivity contribution in [1.82, 2.24) is 4.57 Å². The lowest BCUT2D eigenvalue weighted by molar-refractivity contribution is 0.0698. The second-order valence-electron chi connectivity index (χ2n) is 5.39. The third kappa shape index (κ3) is 3.11. The number of nitrogen functional groups attached to an aromatic ring is 1. The number of nitrogens with two attached hydrogens (primary N) is 1. The van der Waals surface area contributed by atoms with Crippen LogP contribution in [0.25, 0.3) is 5.57 Å². The maximum Gasteiger partial charge on any atom is 0.339 e. The Hall–Kier alpha value is -3.01. The number of carboxylic acids is 1. The number of carboxylic acid groups (broad SMARTS) is 1. The normalized spacial score (nSPS) is 13.7. The van der Waals surface area contributed by atoms with Crippen molar-refractivity contribution in [2.75, 3.05) is 5.73 Å². The van der Waals surface area contributed by atoms with Gasteiger partial charge in [-0.3, -0.25) is 0 Å². The van der Waals surface area contributed by atoms with Gasteiger partial charge in [0.25, 0.3) is 0 Å². The van der Waals surface area contributed by atoms with Crippen LogP contribution in [0.15, 0.2) is 66.8 Å². The fourth-order valence-electron chi connectivity index (χ4n) is 2.68. The minimum atomic E-state index is -1.01. The Bertz CT molecular complexity index is 811. The highest BCUT2D eigenvalue weighted by Gasteiger charge is 2.19. The molecule has 0 saturated heterocycles. The molecule has 0 bridgehead atoms. The molecule has 4 nitrogen and oxygen atoms in total. The molecule has 3 N–H and O–H groups in total. The second kappa shape index (κ2) is 6.40. The minimum absolute atomic E-state index is 0.141. The zero-order chi connectivity index (χ0) is 16.2. The summed E-state index contributed by atoms with van der Waals surface area (Å²) in [6.07, 6.45) is 10.8. The summed E-state index contributed by atoms with van der Waals surface area (Å²) in [7, 11) is 0. The molecular formula is C19H18N2O2. The van der Waals surface area contributed by atoms with Gasteiger partial charge in [-0.2, -0.15) is 0 Å². The van der Waals surface area contributed by atoms with Crippen LogP contribution in [0.3, 0.4) is 0 Å². The Labute approximate surface area is 134 Å². The summed E-state index contributed by atoms with van der Waals surface area (Å²) in [6, 6.07) is 11.5. The molecule has 1 aliphatic carbocycles. The fraction of sp³-hybridized carbons (Fsp3) is 0.105. The molecule has 4 heteroatoms. The lowest BCUT2D eigenvalue weighted by Crippen LogP contribution is -2.09. The Morgan fingerprint density at radius 3 is 2.74 bits per heavy atom. The highest BCUT2D eigenvalue weighted by atomic mass is 16.4. The fourth-order valence-corrected chi connectivity index (χ4v) is 2.68. The van der Waals surface area contributed by atoms with Crippen molar-refractivity contribution in [3.63, 3.8) is 0 Å². The lowest BCUT2D eigenvalue weighted by atomic mass is 10.1. The average Bonchev–Trinajstić information content (AvgIpc) is 2.74. The third-order valence-corrected chi connectivity index (χ3v) is 3.85. The number of rotatable bonds is 4. The lowest BCUT2D eigenvalue weighted by Gasteiger charge is -2.12. The molecule has 1 heterocycles. The first kappa shape index (κ1) is 14.9. The molecule has 3 rings (SSSR count).